The molecular formula is C45H56N8O7. The van der Waals surface area contributed by atoms with Crippen LogP contribution in [0.4, 0.5) is 0 Å². The largest absolute Gasteiger partial charge is 0.391 e. The van der Waals surface area contributed by atoms with Gasteiger partial charge in [0.15, 0.2) is 0 Å². The first-order valence-corrected chi connectivity index (χ1v) is 20.8. The maximum absolute atomic E-state index is 14.5. The number of aliphatic hydroxyl groups excluding tert-OH is 1. The van der Waals surface area contributed by atoms with Gasteiger partial charge in [0.2, 0.25) is 35.4 Å². The third-order valence-electron chi connectivity index (χ3n) is 11.4. The summed E-state index contributed by atoms with van der Waals surface area (Å²) >= 11 is 0. The highest BCUT2D eigenvalue weighted by atomic mass is 16.3. The van der Waals surface area contributed by atoms with E-state index in [1.165, 1.54) is 6.92 Å². The topological polar surface area (TPSA) is 237 Å². The van der Waals surface area contributed by atoms with Crippen molar-refractivity contribution < 1.29 is 33.9 Å². The highest BCUT2D eigenvalue weighted by molar-refractivity contribution is 5.97. The summed E-state index contributed by atoms with van der Waals surface area (Å²) < 4.78 is 0. The molecular weight excluding hydrogens is 765 g/mol. The molecule has 1 saturated carbocycles. The molecule has 1 aliphatic carbocycles. The van der Waals surface area contributed by atoms with Crippen LogP contribution in [-0.4, -0.2) is 94.4 Å². The van der Waals surface area contributed by atoms with Gasteiger partial charge in [0.25, 0.3) is 0 Å². The smallest absolute Gasteiger partial charge is 0.245 e. The van der Waals surface area contributed by atoms with Gasteiger partial charge in [-0.3, -0.25) is 28.8 Å². The van der Waals surface area contributed by atoms with Crippen LogP contribution in [0.25, 0.3) is 10.9 Å². The molecule has 10 N–H and O–H groups in total. The highest BCUT2D eigenvalue weighted by Crippen LogP contribution is 2.27. The zero-order valence-corrected chi connectivity index (χ0v) is 33.8. The monoisotopic (exact) mass is 820 g/mol. The Balaban J connectivity index is 1.38. The number of fused-ring (bicyclic) bond motifs is 2. The van der Waals surface area contributed by atoms with Crippen molar-refractivity contribution in [1.29, 1.82) is 0 Å². The Kier molecular flexibility index (Phi) is 15.1. The van der Waals surface area contributed by atoms with Gasteiger partial charge in [-0.15, -0.1) is 0 Å². The molecule has 15 nitrogen and oxygen atoms in total. The molecule has 15 heteroatoms. The second kappa shape index (κ2) is 20.8. The van der Waals surface area contributed by atoms with Crippen LogP contribution in [0.5, 0.6) is 0 Å². The van der Waals surface area contributed by atoms with Crippen LogP contribution in [0.15, 0.2) is 91.1 Å². The van der Waals surface area contributed by atoms with E-state index in [0.717, 1.165) is 27.6 Å². The number of carbonyl (C=O) groups excluding carboxylic acids is 6. The number of H-pyrrole nitrogens is 1. The fourth-order valence-electron chi connectivity index (χ4n) is 8.08. The van der Waals surface area contributed by atoms with Crippen molar-refractivity contribution in [3.63, 3.8) is 0 Å². The zero-order chi connectivity index (χ0) is 42.6. The van der Waals surface area contributed by atoms with Crippen molar-refractivity contribution in [2.45, 2.75) is 107 Å². The predicted molar refractivity (Wildman–Crippen MR) is 226 cm³/mol. The van der Waals surface area contributed by atoms with Crippen molar-refractivity contribution in [3.05, 3.63) is 108 Å². The second-order valence-electron chi connectivity index (χ2n) is 15.9. The van der Waals surface area contributed by atoms with Gasteiger partial charge < -0.3 is 47.7 Å². The van der Waals surface area contributed by atoms with Gasteiger partial charge in [0.1, 0.15) is 30.2 Å². The molecule has 60 heavy (non-hydrogen) atoms. The summed E-state index contributed by atoms with van der Waals surface area (Å²) in [6.45, 7) is 1.68. The second-order valence-corrected chi connectivity index (χ2v) is 15.9. The van der Waals surface area contributed by atoms with Crippen LogP contribution in [0.1, 0.15) is 62.1 Å². The number of benzene rings is 3. The molecule has 318 valence electrons. The normalized spacial score (nSPS) is 25.3. The number of hydrogen-bond donors (Lipinski definition) is 9. The Morgan fingerprint density at radius 2 is 1.13 bits per heavy atom. The minimum absolute atomic E-state index is 0.0307. The summed E-state index contributed by atoms with van der Waals surface area (Å²) in [5.74, 6) is -4.51. The third kappa shape index (κ3) is 11.4. The van der Waals surface area contributed by atoms with Crippen LogP contribution < -0.4 is 37.6 Å². The van der Waals surface area contributed by atoms with Crippen molar-refractivity contribution in [2.75, 3.05) is 6.54 Å². The molecule has 1 saturated heterocycles. The number of aliphatic hydroxyl groups is 1. The number of para-hydroxylation sites is 1. The Bertz CT molecular complexity index is 2110. The van der Waals surface area contributed by atoms with E-state index in [2.05, 4.69) is 36.9 Å². The highest BCUT2D eigenvalue weighted by Gasteiger charge is 2.39. The molecule has 1 aliphatic heterocycles. The van der Waals surface area contributed by atoms with E-state index in [1.807, 2.05) is 72.8 Å². The lowest BCUT2D eigenvalue weighted by Gasteiger charge is -2.28. The molecule has 6 amide bonds. The van der Waals surface area contributed by atoms with Gasteiger partial charge in [-0.2, -0.15) is 0 Å². The van der Waals surface area contributed by atoms with E-state index in [4.69, 9.17) is 5.73 Å². The number of rotatable bonds is 11. The Hall–Kier alpha value is -6.06. The maximum atomic E-state index is 14.5. The third-order valence-corrected chi connectivity index (χ3v) is 11.4. The minimum Gasteiger partial charge on any atom is -0.391 e. The average molecular weight is 821 g/mol. The molecule has 0 spiro atoms. The Labute approximate surface area is 349 Å². The Morgan fingerprint density at radius 3 is 1.77 bits per heavy atom. The first kappa shape index (κ1) is 43.5. The van der Waals surface area contributed by atoms with Gasteiger partial charge in [0.05, 0.1) is 12.0 Å². The first-order valence-electron chi connectivity index (χ1n) is 20.8. The summed E-state index contributed by atoms with van der Waals surface area (Å²) in [5.41, 5.74) is 8.86. The Morgan fingerprint density at radius 1 is 0.600 bits per heavy atom. The van der Waals surface area contributed by atoms with E-state index in [-0.39, 0.29) is 25.7 Å². The number of nitrogens with one attached hydrogen (secondary N) is 7. The molecule has 8 atom stereocenters. The van der Waals surface area contributed by atoms with Crippen LogP contribution in [0.2, 0.25) is 0 Å². The zero-order valence-electron chi connectivity index (χ0n) is 33.8. The molecule has 2 aliphatic rings. The summed E-state index contributed by atoms with van der Waals surface area (Å²) in [5, 5.41) is 28.7. The number of amides is 6. The van der Waals surface area contributed by atoms with Crippen LogP contribution in [0, 0.1) is 5.92 Å². The maximum Gasteiger partial charge on any atom is 0.245 e. The number of hydrogen-bond acceptors (Lipinski definition) is 8. The molecule has 1 aromatic heterocycles. The van der Waals surface area contributed by atoms with E-state index in [9.17, 15) is 33.9 Å². The van der Waals surface area contributed by atoms with Gasteiger partial charge >= 0.3 is 0 Å². The van der Waals surface area contributed by atoms with Crippen LogP contribution in [0.3, 0.4) is 0 Å². The number of aromatic amines is 1. The standard InChI is InChI=1S/C45H56N8O7/c1-27(54)39-45(60)52-37(24-29-15-6-3-7-16-29)42(57)48-34-21-12-18-32(34)40(55)50-36(23-28-13-4-2-5-14-28)43(58)51-38(25-30-26-47-33-19-9-8-17-31(30)33)44(59)49-35(41(56)53-39)20-10-11-22-46/h2-9,13-17,19,26-27,32,34-39,47,54H,10-12,18,20-25,46H2,1H3,(H,48,57)(H,49,59)(H,50,55)(H,51,58)(H,52,60)(H,53,56)/t27?,32-,34+,35?,36?,37?,38?,39?/m0/s1. The van der Waals surface area contributed by atoms with Crippen LogP contribution in [-0.2, 0) is 48.0 Å². The quantitative estimate of drug-likeness (QED) is 0.100. The van der Waals surface area contributed by atoms with Crippen molar-refractivity contribution >= 4 is 46.3 Å². The van der Waals surface area contributed by atoms with Crippen molar-refractivity contribution in [1.82, 2.24) is 36.9 Å². The fourth-order valence-corrected chi connectivity index (χ4v) is 8.08. The molecule has 4 aromatic rings. The summed E-state index contributed by atoms with van der Waals surface area (Å²) in [6, 6.07) is 19.0. The number of nitrogens with two attached hydrogens (primary N) is 1. The molecule has 0 radical (unpaired) electrons. The number of carbonyl (C=O) groups is 6. The van der Waals surface area contributed by atoms with Gasteiger partial charge in [-0.25, -0.2) is 0 Å². The van der Waals surface area contributed by atoms with Crippen molar-refractivity contribution in [3.8, 4) is 0 Å². The van der Waals surface area contributed by atoms with E-state index in [1.54, 1.807) is 18.3 Å². The van der Waals surface area contributed by atoms with Crippen LogP contribution >= 0.6 is 0 Å². The molecule has 6 rings (SSSR count). The number of aromatic nitrogens is 1. The SMILES string of the molecule is CC(O)C1NC(=O)C(CCCCN)NC(=O)C(Cc2c[nH]c3ccccc23)NC(=O)C(Cc2ccccc2)NC(=O)[C@H]2CCC[C@H]2NC(=O)C(Cc2ccccc2)NC1=O. The summed E-state index contributed by atoms with van der Waals surface area (Å²) in [6.07, 6.45) is 3.24. The average Bonchev–Trinajstić information content (AvgIpc) is 3.88. The molecule has 6 unspecified atom stereocenters. The van der Waals surface area contributed by atoms with Gasteiger partial charge in [-0.05, 0) is 68.3 Å². The summed E-state index contributed by atoms with van der Waals surface area (Å²) in [4.78, 5) is 88.5. The van der Waals surface area contributed by atoms with Crippen molar-refractivity contribution in [2.24, 2.45) is 11.7 Å². The lowest BCUT2D eigenvalue weighted by molar-refractivity contribution is -0.136. The lowest BCUT2D eigenvalue weighted by Crippen LogP contribution is -2.61. The number of unbranched alkanes of at least 4 members (excludes halogenated alkanes) is 1. The molecule has 2 fully saturated rings. The van der Waals surface area contributed by atoms with Gasteiger partial charge in [0, 0.05) is 42.4 Å². The van der Waals surface area contributed by atoms with E-state index < -0.39 is 83.7 Å². The van der Waals surface area contributed by atoms with Gasteiger partial charge in [-0.1, -0.05) is 85.3 Å². The molecule has 3 aromatic carbocycles. The van der Waals surface area contributed by atoms with E-state index >= 15 is 0 Å². The summed E-state index contributed by atoms with van der Waals surface area (Å²) in [7, 11) is 0. The minimum atomic E-state index is -1.51. The fraction of sp³-hybridized carbons (Fsp3) is 0.422. The lowest BCUT2D eigenvalue weighted by atomic mass is 9.98. The van der Waals surface area contributed by atoms with E-state index in [0.29, 0.717) is 38.6 Å². The molecule has 2 heterocycles. The first-order chi connectivity index (χ1) is 29.0. The molecule has 0 bridgehead atoms. The predicted octanol–water partition coefficient (Wildman–Crippen LogP) is 1.43.